The topological polar surface area (TPSA) is 93.0 Å². The van der Waals surface area contributed by atoms with Gasteiger partial charge in [-0.05, 0) is 49.2 Å². The van der Waals surface area contributed by atoms with Crippen molar-refractivity contribution in [3.05, 3.63) is 65.7 Å². The molecule has 1 saturated heterocycles. The van der Waals surface area contributed by atoms with Crippen molar-refractivity contribution in [2.75, 3.05) is 11.4 Å². The average Bonchev–Trinajstić information content (AvgIpc) is 3.36. The van der Waals surface area contributed by atoms with Gasteiger partial charge in [-0.2, -0.15) is 0 Å². The molecular formula is C21H22N6O2. The summed E-state index contributed by atoms with van der Waals surface area (Å²) < 4.78 is 1.63. The van der Waals surface area contributed by atoms with E-state index in [9.17, 15) is 9.59 Å². The van der Waals surface area contributed by atoms with E-state index in [0.29, 0.717) is 12.2 Å². The zero-order chi connectivity index (χ0) is 20.4. The van der Waals surface area contributed by atoms with E-state index in [2.05, 4.69) is 20.6 Å². The van der Waals surface area contributed by atoms with Gasteiger partial charge < -0.3 is 10.2 Å². The third-order valence-corrected chi connectivity index (χ3v) is 5.21. The molecule has 1 N–H and O–H groups in total. The summed E-state index contributed by atoms with van der Waals surface area (Å²) in [5.41, 5.74) is 4.63. The molecule has 148 valence electrons. The molecule has 1 atom stereocenters. The fourth-order valence-electron chi connectivity index (χ4n) is 3.35. The minimum atomic E-state index is -0.376. The molecule has 1 aliphatic heterocycles. The van der Waals surface area contributed by atoms with E-state index in [1.54, 1.807) is 28.2 Å². The van der Waals surface area contributed by atoms with Crippen LogP contribution in [0.3, 0.4) is 0 Å². The summed E-state index contributed by atoms with van der Waals surface area (Å²) in [6.45, 7) is 4.70. The van der Waals surface area contributed by atoms with Crippen molar-refractivity contribution >= 4 is 17.5 Å². The van der Waals surface area contributed by atoms with Gasteiger partial charge in [0.15, 0.2) is 0 Å². The molecule has 3 aromatic rings. The number of aryl methyl sites for hydroxylation is 2. The van der Waals surface area contributed by atoms with Gasteiger partial charge in [-0.3, -0.25) is 14.6 Å². The number of benzene rings is 1. The molecule has 0 aliphatic carbocycles. The maximum absolute atomic E-state index is 12.6. The minimum absolute atomic E-state index is 0.0305. The quantitative estimate of drug-likeness (QED) is 0.719. The number of hydrogen-bond acceptors (Lipinski definition) is 5. The van der Waals surface area contributed by atoms with Gasteiger partial charge in [0.1, 0.15) is 5.69 Å². The van der Waals surface area contributed by atoms with Crippen molar-refractivity contribution in [3.8, 4) is 5.69 Å². The zero-order valence-corrected chi connectivity index (χ0v) is 16.4. The smallest absolute Gasteiger partial charge is 0.227 e. The number of nitrogens with zero attached hydrogens (tertiary/aromatic N) is 5. The number of hydrogen-bond donors (Lipinski definition) is 1. The lowest BCUT2D eigenvalue weighted by Gasteiger charge is -2.18. The fraction of sp³-hybridized carbons (Fsp3) is 0.286. The van der Waals surface area contributed by atoms with Crippen LogP contribution in [0.2, 0.25) is 0 Å². The van der Waals surface area contributed by atoms with E-state index in [0.717, 1.165) is 16.9 Å². The third-order valence-electron chi connectivity index (χ3n) is 5.21. The standard InChI is InChI=1S/C21H22N6O2/c1-14-3-4-19(9-15(14)2)26-12-16(10-20(26)28)21(29)23-11-17-13-27(25-24-17)18-5-7-22-8-6-18/h3-9,13,16H,10-12H2,1-2H3,(H,23,29). The number of carbonyl (C=O) groups excluding carboxylic acids is 2. The summed E-state index contributed by atoms with van der Waals surface area (Å²) in [6, 6.07) is 9.56. The van der Waals surface area contributed by atoms with Gasteiger partial charge in [0.2, 0.25) is 11.8 Å². The van der Waals surface area contributed by atoms with Gasteiger partial charge in [-0.25, -0.2) is 4.68 Å². The van der Waals surface area contributed by atoms with Crippen molar-refractivity contribution < 1.29 is 9.59 Å². The fourth-order valence-corrected chi connectivity index (χ4v) is 3.35. The molecule has 0 bridgehead atoms. The summed E-state index contributed by atoms with van der Waals surface area (Å²) in [5, 5.41) is 11.0. The first kappa shape index (κ1) is 18.8. The van der Waals surface area contributed by atoms with Crippen LogP contribution in [0.1, 0.15) is 23.2 Å². The Morgan fingerprint density at radius 2 is 1.93 bits per heavy atom. The maximum Gasteiger partial charge on any atom is 0.227 e. The minimum Gasteiger partial charge on any atom is -0.350 e. The molecule has 2 aromatic heterocycles. The van der Waals surface area contributed by atoms with Gasteiger partial charge in [0.05, 0.1) is 24.3 Å². The Hall–Kier alpha value is -3.55. The highest BCUT2D eigenvalue weighted by Crippen LogP contribution is 2.27. The van der Waals surface area contributed by atoms with Crippen molar-refractivity contribution in [3.63, 3.8) is 0 Å². The molecule has 1 aromatic carbocycles. The molecular weight excluding hydrogens is 368 g/mol. The van der Waals surface area contributed by atoms with Gasteiger partial charge in [-0.15, -0.1) is 5.10 Å². The van der Waals surface area contributed by atoms with Crippen LogP contribution in [0.25, 0.3) is 5.69 Å². The van der Waals surface area contributed by atoms with E-state index in [-0.39, 0.29) is 30.7 Å². The Morgan fingerprint density at radius 1 is 1.14 bits per heavy atom. The first-order chi connectivity index (χ1) is 14.0. The highest BCUT2D eigenvalue weighted by Gasteiger charge is 2.35. The highest BCUT2D eigenvalue weighted by atomic mass is 16.2. The molecule has 0 radical (unpaired) electrons. The van der Waals surface area contributed by atoms with Gasteiger partial charge in [0.25, 0.3) is 0 Å². The lowest BCUT2D eigenvalue weighted by atomic mass is 10.1. The molecule has 8 nitrogen and oxygen atoms in total. The number of pyridine rings is 1. The largest absolute Gasteiger partial charge is 0.350 e. The van der Waals surface area contributed by atoms with E-state index in [1.807, 2.05) is 44.2 Å². The SMILES string of the molecule is Cc1ccc(N2CC(C(=O)NCc3cn(-c4ccncc4)nn3)CC2=O)cc1C. The van der Waals surface area contributed by atoms with E-state index < -0.39 is 0 Å². The summed E-state index contributed by atoms with van der Waals surface area (Å²) in [7, 11) is 0. The highest BCUT2D eigenvalue weighted by molar-refractivity contribution is 6.00. The molecule has 8 heteroatoms. The number of anilines is 1. The summed E-state index contributed by atoms with van der Waals surface area (Å²) in [6.07, 6.45) is 5.33. The van der Waals surface area contributed by atoms with Crippen LogP contribution in [-0.2, 0) is 16.1 Å². The second-order valence-electron chi connectivity index (χ2n) is 7.25. The van der Waals surface area contributed by atoms with Crippen molar-refractivity contribution in [1.29, 1.82) is 0 Å². The van der Waals surface area contributed by atoms with Crippen molar-refractivity contribution in [1.82, 2.24) is 25.3 Å². The number of amides is 2. The molecule has 1 fully saturated rings. The van der Waals surface area contributed by atoms with Crippen LogP contribution in [-0.4, -0.2) is 38.3 Å². The first-order valence-corrected chi connectivity index (χ1v) is 9.48. The molecule has 29 heavy (non-hydrogen) atoms. The van der Waals surface area contributed by atoms with E-state index in [1.165, 1.54) is 5.56 Å². The molecule has 1 unspecified atom stereocenters. The Kier molecular flexibility index (Phi) is 5.07. The van der Waals surface area contributed by atoms with Crippen molar-refractivity contribution in [2.45, 2.75) is 26.8 Å². The predicted octanol–water partition coefficient (Wildman–Crippen LogP) is 1.95. The summed E-state index contributed by atoms with van der Waals surface area (Å²) >= 11 is 0. The van der Waals surface area contributed by atoms with Gasteiger partial charge >= 0.3 is 0 Å². The van der Waals surface area contributed by atoms with Crippen LogP contribution in [0.4, 0.5) is 5.69 Å². The summed E-state index contributed by atoms with van der Waals surface area (Å²) in [5.74, 6) is -0.556. The molecule has 0 saturated carbocycles. The maximum atomic E-state index is 12.6. The summed E-state index contributed by atoms with van der Waals surface area (Å²) in [4.78, 5) is 30.7. The molecule has 4 rings (SSSR count). The Morgan fingerprint density at radius 3 is 2.69 bits per heavy atom. The Labute approximate surface area is 168 Å². The second kappa shape index (κ2) is 7.83. The zero-order valence-electron chi connectivity index (χ0n) is 16.4. The number of nitrogens with one attached hydrogen (secondary N) is 1. The molecule has 0 spiro atoms. The number of aromatic nitrogens is 4. The Balaban J connectivity index is 1.36. The lowest BCUT2D eigenvalue weighted by Crippen LogP contribution is -2.32. The first-order valence-electron chi connectivity index (χ1n) is 9.48. The average molecular weight is 390 g/mol. The molecule has 3 heterocycles. The van der Waals surface area contributed by atoms with E-state index in [4.69, 9.17) is 0 Å². The monoisotopic (exact) mass is 390 g/mol. The number of carbonyl (C=O) groups is 2. The van der Waals surface area contributed by atoms with E-state index >= 15 is 0 Å². The van der Waals surface area contributed by atoms with Crippen LogP contribution < -0.4 is 10.2 Å². The van der Waals surface area contributed by atoms with Crippen LogP contribution in [0.5, 0.6) is 0 Å². The third kappa shape index (κ3) is 4.01. The van der Waals surface area contributed by atoms with Gasteiger partial charge in [0, 0.05) is 31.0 Å². The predicted molar refractivity (Wildman–Crippen MR) is 107 cm³/mol. The van der Waals surface area contributed by atoms with Crippen LogP contribution in [0, 0.1) is 19.8 Å². The molecule has 1 aliphatic rings. The van der Waals surface area contributed by atoms with Gasteiger partial charge in [-0.1, -0.05) is 11.3 Å². The second-order valence-corrected chi connectivity index (χ2v) is 7.25. The van der Waals surface area contributed by atoms with Crippen molar-refractivity contribution in [2.24, 2.45) is 5.92 Å². The Bertz CT molecular complexity index is 1050. The van der Waals surface area contributed by atoms with Crippen LogP contribution in [0.15, 0.2) is 48.9 Å². The van der Waals surface area contributed by atoms with Crippen LogP contribution >= 0.6 is 0 Å². The number of rotatable bonds is 5. The molecule has 2 amide bonds. The lowest BCUT2D eigenvalue weighted by molar-refractivity contribution is -0.126. The normalized spacial score (nSPS) is 16.3.